The average Bonchev–Trinajstić information content (AvgIpc) is 2.77. The summed E-state index contributed by atoms with van der Waals surface area (Å²) in [6.07, 6.45) is 13.0. The number of phenolic OH excluding ortho intramolecular Hbond substituents is 1. The summed E-state index contributed by atoms with van der Waals surface area (Å²) >= 11 is 0. The van der Waals surface area contributed by atoms with Crippen molar-refractivity contribution < 1.29 is 9.50 Å². The minimum absolute atomic E-state index is 0.195. The Kier molecular flexibility index (Phi) is 5.50. The van der Waals surface area contributed by atoms with Crippen molar-refractivity contribution >= 4 is 0 Å². The summed E-state index contributed by atoms with van der Waals surface area (Å²) in [5.41, 5.74) is 2.59. The highest BCUT2D eigenvalue weighted by atomic mass is 19.1. The highest BCUT2D eigenvalue weighted by molar-refractivity contribution is 5.33. The smallest absolute Gasteiger partial charge is 0.165 e. The van der Waals surface area contributed by atoms with Crippen molar-refractivity contribution in [2.75, 3.05) is 19.6 Å². The highest BCUT2D eigenvalue weighted by Crippen LogP contribution is 2.58. The highest BCUT2D eigenvalue weighted by Gasteiger charge is 2.54. The molecule has 160 valence electrons. The van der Waals surface area contributed by atoms with Crippen LogP contribution in [0.1, 0.15) is 62.1 Å². The first kappa shape index (κ1) is 20.0. The zero-order chi connectivity index (χ0) is 20.6. The van der Waals surface area contributed by atoms with Crippen molar-refractivity contribution in [1.82, 2.24) is 14.8 Å². The van der Waals surface area contributed by atoms with Gasteiger partial charge in [-0.1, -0.05) is 31.4 Å². The molecular formula is C25H32FN3O. The van der Waals surface area contributed by atoms with Crippen LogP contribution < -0.4 is 0 Å². The fourth-order valence-corrected chi connectivity index (χ4v) is 6.24. The van der Waals surface area contributed by atoms with E-state index in [0.717, 1.165) is 25.9 Å². The van der Waals surface area contributed by atoms with Crippen LogP contribution in [0.15, 0.2) is 42.7 Å². The summed E-state index contributed by atoms with van der Waals surface area (Å²) in [6, 6.07) is 10.4. The lowest BCUT2D eigenvalue weighted by Gasteiger charge is -2.63. The third-order valence-electron chi connectivity index (χ3n) is 7.77. The maximum atomic E-state index is 13.7. The van der Waals surface area contributed by atoms with Gasteiger partial charge in [0.25, 0.3) is 0 Å². The van der Waals surface area contributed by atoms with Crippen molar-refractivity contribution in [3.8, 4) is 5.75 Å². The lowest BCUT2D eigenvalue weighted by Crippen LogP contribution is -2.63. The molecule has 3 fully saturated rings. The van der Waals surface area contributed by atoms with Crippen LogP contribution in [0, 0.1) is 11.2 Å². The zero-order valence-corrected chi connectivity index (χ0v) is 17.6. The van der Waals surface area contributed by atoms with Crippen LogP contribution in [0.3, 0.4) is 0 Å². The molecule has 5 rings (SSSR count). The van der Waals surface area contributed by atoms with E-state index in [1.165, 1.54) is 50.3 Å². The van der Waals surface area contributed by atoms with E-state index in [4.69, 9.17) is 0 Å². The Morgan fingerprint density at radius 2 is 1.77 bits per heavy atom. The van der Waals surface area contributed by atoms with Crippen molar-refractivity contribution in [1.29, 1.82) is 0 Å². The summed E-state index contributed by atoms with van der Waals surface area (Å²) in [5.74, 6) is -0.722. The Hall–Kier alpha value is -1.98. The zero-order valence-electron chi connectivity index (χ0n) is 17.6. The van der Waals surface area contributed by atoms with Gasteiger partial charge in [-0.05, 0) is 62.5 Å². The number of phenols is 1. The van der Waals surface area contributed by atoms with Gasteiger partial charge in [-0.2, -0.15) is 0 Å². The number of benzene rings is 1. The number of rotatable bonds is 4. The van der Waals surface area contributed by atoms with Crippen molar-refractivity contribution in [3.63, 3.8) is 0 Å². The summed E-state index contributed by atoms with van der Waals surface area (Å²) < 4.78 is 13.7. The van der Waals surface area contributed by atoms with E-state index < -0.39 is 5.82 Å². The van der Waals surface area contributed by atoms with Gasteiger partial charge in [0.2, 0.25) is 0 Å². The third kappa shape index (κ3) is 3.63. The standard InChI is InChI=1S/C25H32FN3O/c26-22-6-4-5-20(23(22)30)17-28-15-9-21(10-16-28)29-18-25(11-2-1-3-12-25)24(29)19-7-13-27-14-8-19/h4-8,13-14,21,24,30H,1-3,9-12,15-18H2. The maximum Gasteiger partial charge on any atom is 0.165 e. The lowest BCUT2D eigenvalue weighted by molar-refractivity contribution is -0.133. The molecule has 2 aliphatic heterocycles. The van der Waals surface area contributed by atoms with E-state index in [1.54, 1.807) is 6.07 Å². The molecule has 1 saturated carbocycles. The Morgan fingerprint density at radius 1 is 1.03 bits per heavy atom. The molecule has 1 aromatic heterocycles. The van der Waals surface area contributed by atoms with Crippen LogP contribution >= 0.6 is 0 Å². The minimum Gasteiger partial charge on any atom is -0.505 e. The van der Waals surface area contributed by atoms with Gasteiger partial charge < -0.3 is 5.11 Å². The monoisotopic (exact) mass is 409 g/mol. The molecule has 0 bridgehead atoms. The number of likely N-dealkylation sites (tertiary alicyclic amines) is 2. The van der Waals surface area contributed by atoms with Crippen molar-refractivity contribution in [2.24, 2.45) is 5.41 Å². The predicted molar refractivity (Wildman–Crippen MR) is 116 cm³/mol. The predicted octanol–water partition coefficient (Wildman–Crippen LogP) is 4.90. The van der Waals surface area contributed by atoms with E-state index in [-0.39, 0.29) is 5.75 Å². The van der Waals surface area contributed by atoms with Gasteiger partial charge in [0, 0.05) is 48.5 Å². The molecule has 4 nitrogen and oxygen atoms in total. The number of aromatic nitrogens is 1. The van der Waals surface area contributed by atoms with Crippen LogP contribution in [0.2, 0.25) is 0 Å². The molecule has 1 aliphatic carbocycles. The van der Waals surface area contributed by atoms with Gasteiger partial charge >= 0.3 is 0 Å². The molecule has 0 amide bonds. The molecule has 2 saturated heterocycles. The molecule has 5 heteroatoms. The normalized spacial score (nSPS) is 25.3. The second-order valence-electron chi connectivity index (χ2n) is 9.53. The van der Waals surface area contributed by atoms with E-state index in [1.807, 2.05) is 18.5 Å². The Bertz CT molecular complexity index is 860. The lowest BCUT2D eigenvalue weighted by atomic mass is 9.60. The first-order valence-corrected chi connectivity index (χ1v) is 11.5. The Balaban J connectivity index is 1.26. The number of aromatic hydroxyl groups is 1. The molecule has 1 atom stereocenters. The van der Waals surface area contributed by atoms with Crippen LogP contribution in [-0.2, 0) is 6.54 Å². The number of piperidine rings is 1. The van der Waals surface area contributed by atoms with Gasteiger partial charge in [-0.25, -0.2) is 4.39 Å². The average molecular weight is 410 g/mol. The first-order valence-electron chi connectivity index (χ1n) is 11.5. The van der Waals surface area contributed by atoms with Gasteiger partial charge in [0.1, 0.15) is 0 Å². The second-order valence-corrected chi connectivity index (χ2v) is 9.53. The first-order chi connectivity index (χ1) is 14.7. The van der Waals surface area contributed by atoms with Crippen molar-refractivity contribution in [2.45, 2.75) is 63.6 Å². The quantitative estimate of drug-likeness (QED) is 0.780. The molecule has 3 aliphatic rings. The van der Waals surface area contributed by atoms with Crippen LogP contribution in [0.5, 0.6) is 5.75 Å². The second kappa shape index (κ2) is 8.27. The van der Waals surface area contributed by atoms with E-state index >= 15 is 0 Å². The number of pyridine rings is 1. The summed E-state index contributed by atoms with van der Waals surface area (Å²) in [4.78, 5) is 9.36. The fraction of sp³-hybridized carbons (Fsp3) is 0.560. The van der Waals surface area contributed by atoms with Gasteiger partial charge in [0.15, 0.2) is 11.6 Å². The number of hydrogen-bond acceptors (Lipinski definition) is 4. The van der Waals surface area contributed by atoms with E-state index in [0.29, 0.717) is 29.6 Å². The number of nitrogens with zero attached hydrogens (tertiary/aromatic N) is 3. The summed E-state index contributed by atoms with van der Waals surface area (Å²) in [7, 11) is 0. The summed E-state index contributed by atoms with van der Waals surface area (Å²) in [5, 5.41) is 10.0. The molecule has 1 N–H and O–H groups in total. The summed E-state index contributed by atoms with van der Waals surface area (Å²) in [6.45, 7) is 3.84. The van der Waals surface area contributed by atoms with Crippen LogP contribution in [0.25, 0.3) is 0 Å². The molecule has 30 heavy (non-hydrogen) atoms. The molecule has 1 spiro atoms. The number of para-hydroxylation sites is 1. The SMILES string of the molecule is Oc1c(F)cccc1CN1CCC(N2CC3(CCCCC3)C2c2ccncc2)CC1. The van der Waals surface area contributed by atoms with Crippen LogP contribution in [-0.4, -0.2) is 45.6 Å². The molecular weight excluding hydrogens is 377 g/mol. The largest absolute Gasteiger partial charge is 0.505 e. The minimum atomic E-state index is -0.527. The van der Waals surface area contributed by atoms with Crippen molar-refractivity contribution in [3.05, 3.63) is 59.7 Å². The van der Waals surface area contributed by atoms with E-state index in [2.05, 4.69) is 26.9 Å². The molecule has 1 unspecified atom stereocenters. The van der Waals surface area contributed by atoms with Gasteiger partial charge in [-0.15, -0.1) is 0 Å². The fourth-order valence-electron chi connectivity index (χ4n) is 6.24. The molecule has 0 radical (unpaired) electrons. The van der Waals surface area contributed by atoms with E-state index in [9.17, 15) is 9.50 Å². The molecule has 1 aromatic carbocycles. The van der Waals surface area contributed by atoms with Gasteiger partial charge in [0.05, 0.1) is 0 Å². The maximum absolute atomic E-state index is 13.7. The Labute approximate surface area is 178 Å². The molecule has 3 heterocycles. The molecule has 2 aromatic rings. The topological polar surface area (TPSA) is 39.6 Å². The van der Waals surface area contributed by atoms with Gasteiger partial charge in [-0.3, -0.25) is 14.8 Å². The number of halogens is 1. The number of hydrogen-bond donors (Lipinski definition) is 1. The third-order valence-corrected chi connectivity index (χ3v) is 7.77. The Morgan fingerprint density at radius 3 is 2.50 bits per heavy atom. The van der Waals surface area contributed by atoms with Crippen LogP contribution in [0.4, 0.5) is 4.39 Å².